The maximum atomic E-state index is 12.3. The molecule has 1 saturated heterocycles. The van der Waals surface area contributed by atoms with Gasteiger partial charge in [-0.1, -0.05) is 0 Å². The smallest absolute Gasteiger partial charge is 0.323 e. The van der Waals surface area contributed by atoms with Gasteiger partial charge >= 0.3 is 5.97 Å². The van der Waals surface area contributed by atoms with E-state index in [1.165, 1.54) is 4.90 Å². The zero-order valence-electron chi connectivity index (χ0n) is 9.53. The second-order valence-corrected chi connectivity index (χ2v) is 4.92. The molecule has 16 heavy (non-hydrogen) atoms. The van der Waals surface area contributed by atoms with Crippen LogP contribution in [0.2, 0.25) is 0 Å². The van der Waals surface area contributed by atoms with E-state index in [4.69, 9.17) is 5.11 Å². The number of nitrogens with zero attached hydrogens (tertiary/aromatic N) is 1. The minimum Gasteiger partial charge on any atom is -0.480 e. The van der Waals surface area contributed by atoms with Crippen molar-refractivity contribution in [3.8, 4) is 0 Å². The van der Waals surface area contributed by atoms with Crippen LogP contribution in [0.5, 0.6) is 0 Å². The molecule has 2 rings (SSSR count). The zero-order chi connectivity index (χ0) is 11.8. The Balaban J connectivity index is 2.07. The number of aliphatic carboxylic acids is 1. The SMILES string of the molecule is CC1(C(=O)N(CC(=O)O)C2CC2)CCCN1. The lowest BCUT2D eigenvalue weighted by Crippen LogP contribution is -2.54. The lowest BCUT2D eigenvalue weighted by molar-refractivity contribution is -0.147. The molecule has 0 aromatic rings. The maximum Gasteiger partial charge on any atom is 0.323 e. The number of nitrogens with one attached hydrogen (secondary N) is 1. The first-order chi connectivity index (χ1) is 7.53. The second kappa shape index (κ2) is 4.05. The molecule has 2 aliphatic rings. The Bertz CT molecular complexity index is 306. The van der Waals surface area contributed by atoms with Crippen LogP contribution < -0.4 is 5.32 Å². The Hall–Kier alpha value is -1.10. The first-order valence-electron chi connectivity index (χ1n) is 5.81. The molecule has 5 heteroatoms. The molecule has 0 aromatic carbocycles. The Morgan fingerprint density at radius 1 is 1.50 bits per heavy atom. The van der Waals surface area contributed by atoms with Crippen LogP contribution in [0.4, 0.5) is 0 Å². The van der Waals surface area contributed by atoms with Crippen LogP contribution >= 0.6 is 0 Å². The van der Waals surface area contributed by atoms with Crippen molar-refractivity contribution in [1.29, 1.82) is 0 Å². The first kappa shape index (κ1) is 11.4. The highest BCUT2D eigenvalue weighted by Crippen LogP contribution is 2.31. The summed E-state index contributed by atoms with van der Waals surface area (Å²) in [6.07, 6.45) is 3.66. The fourth-order valence-corrected chi connectivity index (χ4v) is 2.29. The van der Waals surface area contributed by atoms with Gasteiger partial charge < -0.3 is 15.3 Å². The topological polar surface area (TPSA) is 69.6 Å². The largest absolute Gasteiger partial charge is 0.480 e. The number of carboxylic acids is 1. The predicted octanol–water partition coefficient (Wildman–Crippen LogP) is 0.204. The number of rotatable bonds is 4. The summed E-state index contributed by atoms with van der Waals surface area (Å²) in [5, 5.41) is 12.0. The van der Waals surface area contributed by atoms with Gasteiger partial charge in [-0.15, -0.1) is 0 Å². The number of carboxylic acid groups (broad SMARTS) is 1. The molecular weight excluding hydrogens is 208 g/mol. The standard InChI is InChI=1S/C11H18N2O3/c1-11(5-2-6-12-11)10(16)13(7-9(14)15)8-3-4-8/h8,12H,2-7H2,1H3,(H,14,15). The van der Waals surface area contributed by atoms with E-state index in [9.17, 15) is 9.59 Å². The molecule has 2 fully saturated rings. The van der Waals surface area contributed by atoms with E-state index in [-0.39, 0.29) is 18.5 Å². The predicted molar refractivity (Wildman–Crippen MR) is 58.0 cm³/mol. The Kier molecular flexibility index (Phi) is 2.88. The molecule has 1 aliphatic carbocycles. The van der Waals surface area contributed by atoms with E-state index < -0.39 is 11.5 Å². The van der Waals surface area contributed by atoms with E-state index in [0.29, 0.717) is 0 Å². The fraction of sp³-hybridized carbons (Fsp3) is 0.818. The van der Waals surface area contributed by atoms with E-state index in [0.717, 1.165) is 32.2 Å². The Labute approximate surface area is 94.8 Å². The second-order valence-electron chi connectivity index (χ2n) is 4.92. The highest BCUT2D eigenvalue weighted by molar-refractivity contribution is 5.89. The lowest BCUT2D eigenvalue weighted by atomic mass is 9.98. The molecule has 0 bridgehead atoms. The van der Waals surface area contributed by atoms with Gasteiger partial charge in [-0.3, -0.25) is 9.59 Å². The molecule has 1 heterocycles. The minimum atomic E-state index is -0.929. The fourth-order valence-electron chi connectivity index (χ4n) is 2.29. The average molecular weight is 226 g/mol. The van der Waals surface area contributed by atoms with E-state index >= 15 is 0 Å². The summed E-state index contributed by atoms with van der Waals surface area (Å²) in [6.45, 7) is 2.55. The molecule has 1 saturated carbocycles. The number of carbonyl (C=O) groups excluding carboxylic acids is 1. The molecular formula is C11H18N2O3. The molecule has 1 unspecified atom stereocenters. The van der Waals surface area contributed by atoms with Crippen LogP contribution in [0.1, 0.15) is 32.6 Å². The molecule has 0 spiro atoms. The Morgan fingerprint density at radius 2 is 2.19 bits per heavy atom. The highest BCUT2D eigenvalue weighted by atomic mass is 16.4. The summed E-state index contributed by atoms with van der Waals surface area (Å²) in [4.78, 5) is 24.6. The van der Waals surface area contributed by atoms with Crippen LogP contribution in [0.3, 0.4) is 0 Å². The number of hydrogen-bond acceptors (Lipinski definition) is 3. The summed E-state index contributed by atoms with van der Waals surface area (Å²) >= 11 is 0. The van der Waals surface area contributed by atoms with Crippen molar-refractivity contribution in [3.05, 3.63) is 0 Å². The zero-order valence-corrected chi connectivity index (χ0v) is 9.53. The van der Waals surface area contributed by atoms with Crippen molar-refractivity contribution in [2.24, 2.45) is 0 Å². The maximum absolute atomic E-state index is 12.3. The van der Waals surface area contributed by atoms with Crippen LogP contribution in [-0.4, -0.2) is 46.6 Å². The molecule has 5 nitrogen and oxygen atoms in total. The van der Waals surface area contributed by atoms with Gasteiger partial charge in [0.25, 0.3) is 0 Å². The van der Waals surface area contributed by atoms with Crippen LogP contribution in [0.15, 0.2) is 0 Å². The molecule has 2 N–H and O–H groups in total. The van der Waals surface area contributed by atoms with Gasteiger partial charge in [-0.25, -0.2) is 0 Å². The number of amides is 1. The van der Waals surface area contributed by atoms with Crippen molar-refractivity contribution < 1.29 is 14.7 Å². The van der Waals surface area contributed by atoms with Crippen molar-refractivity contribution >= 4 is 11.9 Å². The average Bonchev–Trinajstić information content (AvgIpc) is 2.97. The highest BCUT2D eigenvalue weighted by Gasteiger charge is 2.44. The van der Waals surface area contributed by atoms with E-state index in [1.54, 1.807) is 0 Å². The summed E-state index contributed by atoms with van der Waals surface area (Å²) in [6, 6.07) is 0.155. The Morgan fingerprint density at radius 3 is 2.62 bits per heavy atom. The molecule has 90 valence electrons. The van der Waals surface area contributed by atoms with Gasteiger partial charge in [-0.2, -0.15) is 0 Å². The van der Waals surface area contributed by atoms with Gasteiger partial charge in [0.1, 0.15) is 6.54 Å². The monoisotopic (exact) mass is 226 g/mol. The van der Waals surface area contributed by atoms with Crippen LogP contribution in [0, 0.1) is 0 Å². The third-order valence-corrected chi connectivity index (χ3v) is 3.39. The van der Waals surface area contributed by atoms with Gasteiger partial charge in [0, 0.05) is 6.04 Å². The lowest BCUT2D eigenvalue weighted by Gasteiger charge is -2.31. The van der Waals surface area contributed by atoms with Crippen molar-refractivity contribution in [3.63, 3.8) is 0 Å². The van der Waals surface area contributed by atoms with Gasteiger partial charge in [0.05, 0.1) is 5.54 Å². The minimum absolute atomic E-state index is 0.0464. The van der Waals surface area contributed by atoms with Gasteiger partial charge in [-0.05, 0) is 39.2 Å². The number of hydrogen-bond donors (Lipinski definition) is 2. The first-order valence-corrected chi connectivity index (χ1v) is 5.81. The van der Waals surface area contributed by atoms with Crippen molar-refractivity contribution in [2.75, 3.05) is 13.1 Å². The summed E-state index contributed by atoms with van der Waals surface area (Å²) < 4.78 is 0. The van der Waals surface area contributed by atoms with E-state index in [1.807, 2.05) is 6.92 Å². The van der Waals surface area contributed by atoms with Gasteiger partial charge in [0.15, 0.2) is 0 Å². The van der Waals surface area contributed by atoms with Crippen molar-refractivity contribution in [1.82, 2.24) is 10.2 Å². The molecule has 1 aliphatic heterocycles. The molecule has 1 amide bonds. The summed E-state index contributed by atoms with van der Waals surface area (Å²) in [5.41, 5.74) is -0.544. The van der Waals surface area contributed by atoms with Crippen molar-refractivity contribution in [2.45, 2.75) is 44.2 Å². The molecule has 0 radical (unpaired) electrons. The third kappa shape index (κ3) is 2.19. The number of carbonyl (C=O) groups is 2. The molecule has 1 atom stereocenters. The van der Waals surface area contributed by atoms with Crippen LogP contribution in [-0.2, 0) is 9.59 Å². The summed E-state index contributed by atoms with van der Waals surface area (Å²) in [7, 11) is 0. The van der Waals surface area contributed by atoms with Gasteiger partial charge in [0.2, 0.25) is 5.91 Å². The summed E-state index contributed by atoms with van der Waals surface area (Å²) in [5.74, 6) is -0.975. The molecule has 0 aromatic heterocycles. The van der Waals surface area contributed by atoms with E-state index in [2.05, 4.69) is 5.32 Å². The quantitative estimate of drug-likeness (QED) is 0.718. The normalized spacial score (nSPS) is 29.1. The van der Waals surface area contributed by atoms with Crippen LogP contribution in [0.25, 0.3) is 0 Å². The third-order valence-electron chi connectivity index (χ3n) is 3.39.